The van der Waals surface area contributed by atoms with E-state index in [4.69, 9.17) is 4.82 Å². The van der Waals surface area contributed by atoms with Crippen molar-refractivity contribution in [3.8, 4) is 0 Å². The zero-order chi connectivity index (χ0) is 30.1. The summed E-state index contributed by atoms with van der Waals surface area (Å²) in [7, 11) is 0. The summed E-state index contributed by atoms with van der Waals surface area (Å²) >= 11 is -4.11. The van der Waals surface area contributed by atoms with E-state index in [0.29, 0.717) is 11.8 Å². The van der Waals surface area contributed by atoms with E-state index in [-0.39, 0.29) is 0 Å². The van der Waals surface area contributed by atoms with Gasteiger partial charge in [0.05, 0.1) is 0 Å². The molecule has 0 amide bonds. The first kappa shape index (κ1) is 32.5. The molecule has 0 aliphatic heterocycles. The van der Waals surface area contributed by atoms with E-state index in [1.54, 1.807) is 33.4 Å². The molecule has 226 valence electrons. The summed E-state index contributed by atoms with van der Waals surface area (Å²) in [6.07, 6.45) is 8.44. The van der Waals surface area contributed by atoms with Gasteiger partial charge in [-0.15, -0.1) is 0 Å². The van der Waals surface area contributed by atoms with E-state index in [9.17, 15) is 0 Å². The summed E-state index contributed by atoms with van der Waals surface area (Å²) in [5, 5.41) is 0. The van der Waals surface area contributed by atoms with Crippen LogP contribution < -0.4 is 0 Å². The van der Waals surface area contributed by atoms with Crippen molar-refractivity contribution < 1.29 is 14.8 Å². The zero-order valence-corrected chi connectivity index (χ0v) is 30.8. The average Bonchev–Trinajstić information content (AvgIpc) is 3.21. The second-order valence-electron chi connectivity index (χ2n) is 16.6. The van der Waals surface area contributed by atoms with Gasteiger partial charge in [-0.1, -0.05) is 0 Å². The van der Waals surface area contributed by atoms with E-state index in [0.717, 1.165) is 44.0 Å². The summed E-state index contributed by atoms with van der Waals surface area (Å²) in [5.74, 6) is 5.73. The van der Waals surface area contributed by atoms with Crippen molar-refractivity contribution in [2.24, 2.45) is 47.3 Å². The Hall–Kier alpha value is -0.456. The Balaban J connectivity index is 2.26. The van der Waals surface area contributed by atoms with Crippen molar-refractivity contribution in [2.75, 3.05) is 0 Å². The molecular formula is C39H66Ti. The third kappa shape index (κ3) is 4.50. The van der Waals surface area contributed by atoms with Gasteiger partial charge in [0.25, 0.3) is 0 Å². The summed E-state index contributed by atoms with van der Waals surface area (Å²) < 4.78 is 5.39. The van der Waals surface area contributed by atoms with Crippen LogP contribution in [0, 0.1) is 47.3 Å². The molecule has 0 N–H and O–H groups in total. The first-order valence-electron chi connectivity index (χ1n) is 17.3. The van der Waals surface area contributed by atoms with Gasteiger partial charge in [-0.05, 0) is 0 Å². The topological polar surface area (TPSA) is 0 Å². The molecule has 0 spiro atoms. The van der Waals surface area contributed by atoms with Crippen LogP contribution in [0.4, 0.5) is 0 Å². The Labute approximate surface area is 251 Å². The summed E-state index contributed by atoms with van der Waals surface area (Å²) in [4.78, 5) is 6.21. The molecule has 4 aliphatic rings. The maximum atomic E-state index is 6.21. The van der Waals surface area contributed by atoms with Crippen LogP contribution in [0.2, 0.25) is 8.45 Å². The first-order valence-corrected chi connectivity index (χ1v) is 21.8. The molecule has 0 heterocycles. The fraction of sp³-hybridized carbons (Fsp3) is 0.769. The molecule has 0 aromatic carbocycles. The summed E-state index contributed by atoms with van der Waals surface area (Å²) in [5.41, 5.74) is 9.84. The van der Waals surface area contributed by atoms with Crippen LogP contribution in [-0.2, 0) is 14.8 Å². The van der Waals surface area contributed by atoms with Gasteiger partial charge in [-0.3, -0.25) is 0 Å². The molecule has 0 aromatic heterocycles. The molecule has 0 radical (unpaired) electrons. The number of rotatable bonds is 6. The maximum absolute atomic E-state index is 6.21. The van der Waals surface area contributed by atoms with E-state index in [1.165, 1.54) is 38.5 Å². The number of hydrogen-bond acceptors (Lipinski definition) is 0. The predicted octanol–water partition coefficient (Wildman–Crippen LogP) is 12.4. The van der Waals surface area contributed by atoms with Crippen molar-refractivity contribution >= 4 is 4.82 Å². The van der Waals surface area contributed by atoms with Crippen molar-refractivity contribution in [1.82, 2.24) is 0 Å². The van der Waals surface area contributed by atoms with Crippen molar-refractivity contribution in [3.63, 3.8) is 0 Å². The molecule has 40 heavy (non-hydrogen) atoms. The van der Waals surface area contributed by atoms with Gasteiger partial charge in [0.2, 0.25) is 0 Å². The Bertz CT molecular complexity index is 1120. The Morgan fingerprint density at radius 1 is 0.550 bits per heavy atom. The second kappa shape index (κ2) is 11.2. The quantitative estimate of drug-likeness (QED) is 0.273. The fourth-order valence-corrected chi connectivity index (χ4v) is 30.5. The van der Waals surface area contributed by atoms with Gasteiger partial charge in [-0.25, -0.2) is 0 Å². The van der Waals surface area contributed by atoms with Gasteiger partial charge in [0.1, 0.15) is 0 Å². The average molecular weight is 583 g/mol. The molecule has 8 atom stereocenters. The molecular weight excluding hydrogens is 516 g/mol. The van der Waals surface area contributed by atoms with Crippen LogP contribution in [0.3, 0.4) is 0 Å². The zero-order valence-electron chi connectivity index (χ0n) is 29.2. The van der Waals surface area contributed by atoms with Crippen molar-refractivity contribution in [3.05, 3.63) is 41.2 Å². The van der Waals surface area contributed by atoms with Crippen LogP contribution in [0.5, 0.6) is 0 Å². The summed E-state index contributed by atoms with van der Waals surface area (Å²) in [6, 6.07) is 0. The Kier molecular flexibility index (Phi) is 9.12. The molecule has 1 heteroatoms. The van der Waals surface area contributed by atoms with Crippen LogP contribution in [0.1, 0.15) is 135 Å². The third-order valence-corrected chi connectivity index (χ3v) is 28.2. The van der Waals surface area contributed by atoms with Crippen LogP contribution >= 0.6 is 0 Å². The van der Waals surface area contributed by atoms with Gasteiger partial charge < -0.3 is 0 Å². The fourth-order valence-electron chi connectivity index (χ4n) is 11.8. The Morgan fingerprint density at radius 2 is 0.875 bits per heavy atom. The van der Waals surface area contributed by atoms with E-state index in [1.807, 2.05) is 7.76 Å². The molecule has 0 aromatic rings. The summed E-state index contributed by atoms with van der Waals surface area (Å²) in [6.45, 7) is 35.6. The van der Waals surface area contributed by atoms with Gasteiger partial charge in [-0.2, -0.15) is 0 Å². The molecule has 0 saturated heterocycles. The molecule has 0 bridgehead atoms. The SMILES string of the molecule is [CH2]=[Ti]([C]1=C(C)C(C)=C(C)C1C)([C]1=C(C)C(C)=C(C)C1C)([CH]1CC(C)CCC1C(C)C)[CH]1CC(C)CCC1C(C)C. The van der Waals surface area contributed by atoms with Gasteiger partial charge in [0.15, 0.2) is 0 Å². The number of allylic oxidation sites excluding steroid dienone is 8. The molecule has 0 nitrogen and oxygen atoms in total. The minimum absolute atomic E-state index is 0.540. The van der Waals surface area contributed by atoms with Crippen molar-refractivity contribution in [2.45, 2.75) is 144 Å². The van der Waals surface area contributed by atoms with Crippen LogP contribution in [0.15, 0.2) is 41.2 Å². The van der Waals surface area contributed by atoms with Gasteiger partial charge in [0, 0.05) is 0 Å². The van der Waals surface area contributed by atoms with E-state index < -0.39 is 14.8 Å². The molecule has 4 aliphatic carbocycles. The normalized spacial score (nSPS) is 36.7. The monoisotopic (exact) mass is 582 g/mol. The molecule has 2 fully saturated rings. The molecule has 2 saturated carbocycles. The predicted molar refractivity (Wildman–Crippen MR) is 178 cm³/mol. The number of hydrogen-bond donors (Lipinski definition) is 0. The minimum atomic E-state index is -4.11. The Morgan fingerprint density at radius 3 is 1.12 bits per heavy atom. The van der Waals surface area contributed by atoms with E-state index in [2.05, 4.69) is 96.9 Å². The van der Waals surface area contributed by atoms with Crippen molar-refractivity contribution in [1.29, 1.82) is 0 Å². The standard InChI is InChI=1S/2C10H19.2C9H13.CH2.Ti/c2*1-8(2)10-6-4-9(3)5-7-10;2*1-6-5-7(2)9(4)8(6)3;;/h2*6,8-10H,4-5,7H2,1-3H3;2*6H,1-4H3;1H2;. The third-order valence-electron chi connectivity index (χ3n) is 14.3. The van der Waals surface area contributed by atoms with Crippen LogP contribution in [0.25, 0.3) is 0 Å². The van der Waals surface area contributed by atoms with E-state index >= 15 is 0 Å². The molecule has 8 unspecified atom stereocenters. The first-order chi connectivity index (χ1) is 18.5. The van der Waals surface area contributed by atoms with Crippen LogP contribution in [-0.4, -0.2) is 4.82 Å². The van der Waals surface area contributed by atoms with Gasteiger partial charge >= 0.3 is 252 Å². The molecule has 4 rings (SSSR count). The second-order valence-corrected chi connectivity index (χ2v) is 25.7.